The van der Waals surface area contributed by atoms with Crippen LogP contribution >= 0.6 is 11.3 Å². The molecule has 3 rings (SSSR count). The summed E-state index contributed by atoms with van der Waals surface area (Å²) < 4.78 is 4.93. The van der Waals surface area contributed by atoms with Crippen molar-refractivity contribution in [1.29, 1.82) is 0 Å². The fraction of sp³-hybridized carbons (Fsp3) is 0.143. The van der Waals surface area contributed by atoms with Gasteiger partial charge in [-0.2, -0.15) is 4.98 Å². The molecule has 2 aromatic heterocycles. The zero-order chi connectivity index (χ0) is 14.7. The lowest BCUT2D eigenvalue weighted by Gasteiger charge is -1.98. The summed E-state index contributed by atoms with van der Waals surface area (Å²) in [5, 5.41) is 8.91. The Morgan fingerprint density at radius 2 is 2.10 bits per heavy atom. The third-order valence-corrected chi connectivity index (χ3v) is 3.62. The Labute approximate surface area is 124 Å². The number of aryl methyl sites for hydroxylation is 1. The molecule has 1 amide bonds. The first-order chi connectivity index (χ1) is 10.2. The molecule has 3 aromatic rings. The summed E-state index contributed by atoms with van der Waals surface area (Å²) in [6.07, 6.45) is 0. The van der Waals surface area contributed by atoms with E-state index < -0.39 is 0 Å². The minimum Gasteiger partial charge on any atom is -0.342 e. The summed E-state index contributed by atoms with van der Waals surface area (Å²) in [7, 11) is 0. The van der Waals surface area contributed by atoms with Crippen LogP contribution in [0, 0.1) is 6.92 Å². The van der Waals surface area contributed by atoms with E-state index in [2.05, 4.69) is 20.4 Å². The molecule has 0 atom stereocenters. The average Bonchev–Trinajstić information content (AvgIpc) is 3.15. The Morgan fingerprint density at radius 1 is 1.29 bits per heavy atom. The number of nitrogens with one attached hydrogen (secondary N) is 1. The molecule has 0 radical (unpaired) electrons. The second-order valence-electron chi connectivity index (χ2n) is 4.32. The molecule has 106 valence electrons. The first kappa shape index (κ1) is 13.4. The van der Waals surface area contributed by atoms with E-state index in [0.29, 0.717) is 17.4 Å². The highest BCUT2D eigenvalue weighted by molar-refractivity contribution is 7.13. The van der Waals surface area contributed by atoms with Crippen molar-refractivity contribution in [2.24, 2.45) is 0 Å². The van der Waals surface area contributed by atoms with Crippen LogP contribution in [0.5, 0.6) is 0 Å². The summed E-state index contributed by atoms with van der Waals surface area (Å²) in [5.41, 5.74) is 1.38. The van der Waals surface area contributed by atoms with Gasteiger partial charge in [0, 0.05) is 10.9 Å². The number of amides is 1. The summed E-state index contributed by atoms with van der Waals surface area (Å²) in [6, 6.07) is 9.74. The Kier molecular flexibility index (Phi) is 3.74. The fourth-order valence-corrected chi connectivity index (χ4v) is 2.56. The lowest BCUT2D eigenvalue weighted by Crippen LogP contribution is -2.23. The molecule has 0 saturated carbocycles. The molecule has 0 unspecified atom stereocenters. The molecule has 1 N–H and O–H groups in total. The second kappa shape index (κ2) is 5.84. The van der Waals surface area contributed by atoms with Gasteiger partial charge in [0.2, 0.25) is 5.89 Å². The molecule has 0 aliphatic rings. The van der Waals surface area contributed by atoms with Gasteiger partial charge >= 0.3 is 0 Å². The molecule has 0 spiro atoms. The standard InChI is InChI=1S/C14H12N4O2S/c1-9-16-12(20-18-9)7-15-13(19)11-8-21-14(17-11)10-5-3-2-4-6-10/h2-6,8H,7H2,1H3,(H,15,19). The Balaban J connectivity index is 1.67. The van der Waals surface area contributed by atoms with Crippen molar-refractivity contribution >= 4 is 17.2 Å². The van der Waals surface area contributed by atoms with Crippen molar-refractivity contribution in [3.8, 4) is 10.6 Å². The number of aromatic nitrogens is 3. The summed E-state index contributed by atoms with van der Waals surface area (Å²) >= 11 is 1.43. The van der Waals surface area contributed by atoms with Crippen LogP contribution in [-0.2, 0) is 6.54 Å². The molecule has 7 heteroatoms. The number of nitrogens with zero attached hydrogens (tertiary/aromatic N) is 3. The summed E-state index contributed by atoms with van der Waals surface area (Å²) in [5.74, 6) is 0.655. The van der Waals surface area contributed by atoms with Gasteiger partial charge < -0.3 is 9.84 Å². The SMILES string of the molecule is Cc1noc(CNC(=O)c2csc(-c3ccccc3)n2)n1. The van der Waals surface area contributed by atoms with Gasteiger partial charge in [0.1, 0.15) is 10.7 Å². The second-order valence-corrected chi connectivity index (χ2v) is 5.18. The zero-order valence-corrected chi connectivity index (χ0v) is 12.1. The molecular formula is C14H12N4O2S. The highest BCUT2D eigenvalue weighted by Crippen LogP contribution is 2.23. The maximum atomic E-state index is 12.0. The Morgan fingerprint density at radius 3 is 2.81 bits per heavy atom. The van der Waals surface area contributed by atoms with Gasteiger partial charge in [0.15, 0.2) is 5.82 Å². The number of thiazole rings is 1. The van der Waals surface area contributed by atoms with Crippen molar-refractivity contribution in [3.63, 3.8) is 0 Å². The molecule has 6 nitrogen and oxygen atoms in total. The third kappa shape index (κ3) is 3.14. The van der Waals surface area contributed by atoms with E-state index in [9.17, 15) is 4.79 Å². The average molecular weight is 300 g/mol. The van der Waals surface area contributed by atoms with Crippen molar-refractivity contribution in [2.45, 2.75) is 13.5 Å². The largest absolute Gasteiger partial charge is 0.342 e. The maximum Gasteiger partial charge on any atom is 0.271 e. The predicted molar refractivity (Wildman–Crippen MR) is 77.8 cm³/mol. The van der Waals surface area contributed by atoms with Gasteiger partial charge in [0.25, 0.3) is 5.91 Å². The van der Waals surface area contributed by atoms with Crippen LogP contribution in [0.4, 0.5) is 0 Å². The molecular weight excluding hydrogens is 288 g/mol. The van der Waals surface area contributed by atoms with Gasteiger partial charge in [-0.05, 0) is 6.92 Å². The van der Waals surface area contributed by atoms with Crippen LogP contribution in [0.15, 0.2) is 40.2 Å². The van der Waals surface area contributed by atoms with Crippen molar-refractivity contribution in [2.75, 3.05) is 0 Å². The van der Waals surface area contributed by atoms with Crippen molar-refractivity contribution in [3.05, 3.63) is 53.1 Å². The van der Waals surface area contributed by atoms with Crippen LogP contribution in [-0.4, -0.2) is 21.0 Å². The van der Waals surface area contributed by atoms with Crippen molar-refractivity contribution in [1.82, 2.24) is 20.4 Å². The van der Waals surface area contributed by atoms with Crippen LogP contribution in [0.3, 0.4) is 0 Å². The molecule has 0 bridgehead atoms. The quantitative estimate of drug-likeness (QED) is 0.800. The van der Waals surface area contributed by atoms with E-state index in [1.165, 1.54) is 11.3 Å². The first-order valence-corrected chi connectivity index (χ1v) is 7.18. The third-order valence-electron chi connectivity index (χ3n) is 2.73. The smallest absolute Gasteiger partial charge is 0.271 e. The minimum atomic E-state index is -0.260. The lowest BCUT2D eigenvalue weighted by atomic mass is 10.2. The number of carbonyl (C=O) groups excluding carboxylic acids is 1. The molecule has 1 aromatic carbocycles. The number of hydrogen-bond donors (Lipinski definition) is 1. The Bertz CT molecular complexity index is 751. The number of hydrogen-bond acceptors (Lipinski definition) is 6. The van der Waals surface area contributed by atoms with E-state index in [1.54, 1.807) is 12.3 Å². The molecule has 2 heterocycles. The zero-order valence-electron chi connectivity index (χ0n) is 11.2. The van der Waals surface area contributed by atoms with Crippen molar-refractivity contribution < 1.29 is 9.32 Å². The highest BCUT2D eigenvalue weighted by atomic mass is 32.1. The van der Waals surface area contributed by atoms with Gasteiger partial charge in [-0.15, -0.1) is 11.3 Å². The van der Waals surface area contributed by atoms with Crippen LogP contribution in [0.2, 0.25) is 0 Å². The summed E-state index contributed by atoms with van der Waals surface area (Å²) in [4.78, 5) is 20.4. The van der Waals surface area contributed by atoms with Crippen LogP contribution in [0.1, 0.15) is 22.2 Å². The van der Waals surface area contributed by atoms with Crippen LogP contribution in [0.25, 0.3) is 10.6 Å². The van der Waals surface area contributed by atoms with Gasteiger partial charge in [-0.25, -0.2) is 4.98 Å². The van der Waals surface area contributed by atoms with Crippen LogP contribution < -0.4 is 5.32 Å². The predicted octanol–water partition coefficient (Wildman–Crippen LogP) is 2.43. The number of rotatable bonds is 4. The normalized spacial score (nSPS) is 10.5. The first-order valence-electron chi connectivity index (χ1n) is 6.31. The minimum absolute atomic E-state index is 0.192. The van der Waals surface area contributed by atoms with E-state index in [0.717, 1.165) is 10.6 Å². The van der Waals surface area contributed by atoms with E-state index in [-0.39, 0.29) is 12.5 Å². The van der Waals surface area contributed by atoms with Gasteiger partial charge in [-0.1, -0.05) is 35.5 Å². The van der Waals surface area contributed by atoms with E-state index in [4.69, 9.17) is 4.52 Å². The van der Waals surface area contributed by atoms with Gasteiger partial charge in [0.05, 0.1) is 6.54 Å². The molecule has 0 aliphatic carbocycles. The number of benzene rings is 1. The molecule has 0 saturated heterocycles. The van der Waals surface area contributed by atoms with E-state index >= 15 is 0 Å². The monoisotopic (exact) mass is 300 g/mol. The number of carbonyl (C=O) groups is 1. The molecule has 0 fully saturated rings. The lowest BCUT2D eigenvalue weighted by molar-refractivity contribution is 0.0942. The summed E-state index contributed by atoms with van der Waals surface area (Å²) in [6.45, 7) is 1.92. The Hall–Kier alpha value is -2.54. The maximum absolute atomic E-state index is 12.0. The fourth-order valence-electron chi connectivity index (χ4n) is 1.75. The molecule has 21 heavy (non-hydrogen) atoms. The topological polar surface area (TPSA) is 80.9 Å². The molecule has 0 aliphatic heterocycles. The highest BCUT2D eigenvalue weighted by Gasteiger charge is 2.12. The van der Waals surface area contributed by atoms with E-state index in [1.807, 2.05) is 30.3 Å². The van der Waals surface area contributed by atoms with Gasteiger partial charge in [-0.3, -0.25) is 4.79 Å².